The molecule has 25 heavy (non-hydrogen) atoms. The molecule has 4 nitrogen and oxygen atoms in total. The zero-order valence-electron chi connectivity index (χ0n) is 14.8. The molecule has 3 fully saturated rings. The van der Waals surface area contributed by atoms with Gasteiger partial charge in [0.15, 0.2) is 0 Å². The van der Waals surface area contributed by atoms with E-state index in [1.807, 2.05) is 6.07 Å². The van der Waals surface area contributed by atoms with Crippen LogP contribution in [0.5, 0.6) is 5.75 Å². The van der Waals surface area contributed by atoms with Crippen molar-refractivity contribution in [3.63, 3.8) is 0 Å². The van der Waals surface area contributed by atoms with Crippen LogP contribution in [0.3, 0.4) is 0 Å². The molecule has 0 N–H and O–H groups in total. The van der Waals surface area contributed by atoms with Gasteiger partial charge in [-0.25, -0.2) is 0 Å². The van der Waals surface area contributed by atoms with Crippen molar-refractivity contribution in [3.8, 4) is 5.75 Å². The Balaban J connectivity index is 1.62. The first kappa shape index (κ1) is 15.4. The smallest absolute Gasteiger partial charge is 0.310 e. The average Bonchev–Trinajstić information content (AvgIpc) is 3.12. The summed E-state index contributed by atoms with van der Waals surface area (Å²) in [5.41, 5.74) is 2.11. The van der Waals surface area contributed by atoms with Crippen molar-refractivity contribution in [2.24, 2.45) is 23.7 Å². The molecule has 5 rings (SSSR count). The molecule has 6 atom stereocenters. The predicted molar refractivity (Wildman–Crippen MR) is 91.4 cm³/mol. The normalized spacial score (nSPS) is 40.7. The molecular formula is C21H24O4. The fourth-order valence-corrected chi connectivity index (χ4v) is 6.60. The van der Waals surface area contributed by atoms with Crippen LogP contribution < -0.4 is 4.74 Å². The SMILES string of the molecule is COc1ccc2c(c1)[C@@H]1[C@@H](CC2)[C@@H]2CC[C@@H](C(C)=O)[C@]23C[C@@H]1C(=O)O3. The molecule has 1 heterocycles. The van der Waals surface area contributed by atoms with Gasteiger partial charge in [0, 0.05) is 18.3 Å². The van der Waals surface area contributed by atoms with Crippen molar-refractivity contribution in [1.82, 2.24) is 0 Å². The quantitative estimate of drug-likeness (QED) is 0.776. The molecule has 132 valence electrons. The topological polar surface area (TPSA) is 52.6 Å². The van der Waals surface area contributed by atoms with Crippen LogP contribution in [0.15, 0.2) is 18.2 Å². The van der Waals surface area contributed by atoms with E-state index in [4.69, 9.17) is 9.47 Å². The number of esters is 1. The Morgan fingerprint density at radius 1 is 1.28 bits per heavy atom. The van der Waals surface area contributed by atoms with Gasteiger partial charge in [0.05, 0.1) is 18.9 Å². The Morgan fingerprint density at radius 3 is 2.88 bits per heavy atom. The van der Waals surface area contributed by atoms with Gasteiger partial charge in [0.1, 0.15) is 17.1 Å². The van der Waals surface area contributed by atoms with Gasteiger partial charge >= 0.3 is 5.97 Å². The summed E-state index contributed by atoms with van der Waals surface area (Å²) in [6.45, 7) is 1.66. The highest BCUT2D eigenvalue weighted by atomic mass is 16.6. The monoisotopic (exact) mass is 340 g/mol. The van der Waals surface area contributed by atoms with Gasteiger partial charge in [0.25, 0.3) is 0 Å². The molecule has 1 aromatic rings. The minimum Gasteiger partial charge on any atom is -0.497 e. The molecule has 0 radical (unpaired) electrons. The predicted octanol–water partition coefficient (Wildman–Crippen LogP) is 3.27. The Kier molecular flexibility index (Phi) is 3.14. The second kappa shape index (κ2) is 5.09. The Labute approximate surface area is 147 Å². The molecule has 2 bridgehead atoms. The number of fused-ring (bicyclic) bond motifs is 6. The summed E-state index contributed by atoms with van der Waals surface area (Å²) in [7, 11) is 1.69. The molecule has 4 aliphatic rings. The molecule has 0 amide bonds. The number of Topliss-reactive ketones (excluding diaryl/α,β-unsaturated/α-hetero) is 1. The molecule has 4 heteroatoms. The lowest BCUT2D eigenvalue weighted by molar-refractivity contribution is -0.158. The number of benzene rings is 1. The molecule has 0 aromatic heterocycles. The standard InChI is InChI=1S/C21H24O4/c1-11(22)17-7-8-18-14-6-4-12-3-5-13(24-2)9-15(12)19(14)16-10-21(17,18)25-20(16)23/h3,5,9,14,16-19H,4,6-8,10H2,1-2H3/t14-,16-,17-,18-,19-,21+/m0/s1. The fourth-order valence-electron chi connectivity index (χ4n) is 6.60. The van der Waals surface area contributed by atoms with E-state index < -0.39 is 5.60 Å². The van der Waals surface area contributed by atoms with E-state index in [0.717, 1.165) is 37.9 Å². The van der Waals surface area contributed by atoms with Crippen LogP contribution in [0, 0.1) is 23.7 Å². The van der Waals surface area contributed by atoms with Crippen molar-refractivity contribution in [3.05, 3.63) is 29.3 Å². The third kappa shape index (κ3) is 1.88. The van der Waals surface area contributed by atoms with Crippen molar-refractivity contribution >= 4 is 11.8 Å². The number of ketones is 1. The lowest BCUT2D eigenvalue weighted by Gasteiger charge is -2.47. The first-order valence-corrected chi connectivity index (χ1v) is 9.45. The Hall–Kier alpha value is -1.84. The summed E-state index contributed by atoms with van der Waals surface area (Å²) in [6, 6.07) is 6.29. The third-order valence-corrected chi connectivity index (χ3v) is 7.48. The summed E-state index contributed by atoms with van der Waals surface area (Å²) >= 11 is 0. The Bertz CT molecular complexity index is 769. The second-order valence-electron chi connectivity index (χ2n) is 8.33. The molecule has 2 saturated carbocycles. The molecule has 1 spiro atoms. The first-order chi connectivity index (χ1) is 12.0. The first-order valence-electron chi connectivity index (χ1n) is 9.45. The lowest BCUT2D eigenvalue weighted by Crippen LogP contribution is -2.50. The maximum Gasteiger partial charge on any atom is 0.310 e. The van der Waals surface area contributed by atoms with Crippen LogP contribution in [-0.2, 0) is 20.7 Å². The maximum absolute atomic E-state index is 12.8. The highest BCUT2D eigenvalue weighted by molar-refractivity contribution is 5.84. The lowest BCUT2D eigenvalue weighted by atomic mass is 9.55. The van der Waals surface area contributed by atoms with E-state index in [1.54, 1.807) is 14.0 Å². The summed E-state index contributed by atoms with van der Waals surface area (Å²) in [5, 5.41) is 0. The maximum atomic E-state index is 12.8. The summed E-state index contributed by atoms with van der Waals surface area (Å²) in [5.74, 6) is 1.75. The number of ether oxygens (including phenoxy) is 2. The number of hydrogen-bond donors (Lipinski definition) is 0. The molecule has 1 saturated heterocycles. The van der Waals surface area contributed by atoms with Gasteiger partial charge < -0.3 is 9.47 Å². The van der Waals surface area contributed by atoms with E-state index in [2.05, 4.69) is 12.1 Å². The number of carbonyl (C=O) groups excluding carboxylic acids is 2. The van der Waals surface area contributed by atoms with Gasteiger partial charge in [-0.1, -0.05) is 6.07 Å². The van der Waals surface area contributed by atoms with Crippen LogP contribution in [0.4, 0.5) is 0 Å². The number of methoxy groups -OCH3 is 1. The molecule has 1 aromatic carbocycles. The van der Waals surface area contributed by atoms with E-state index in [-0.39, 0.29) is 29.5 Å². The summed E-state index contributed by atoms with van der Waals surface area (Å²) in [6.07, 6.45) is 4.73. The van der Waals surface area contributed by atoms with Gasteiger partial charge in [-0.15, -0.1) is 0 Å². The van der Waals surface area contributed by atoms with Crippen molar-refractivity contribution in [2.75, 3.05) is 7.11 Å². The highest BCUT2D eigenvalue weighted by Crippen LogP contribution is 2.65. The van der Waals surface area contributed by atoms with Gasteiger partial charge in [0.2, 0.25) is 0 Å². The van der Waals surface area contributed by atoms with Crippen LogP contribution in [-0.4, -0.2) is 24.5 Å². The highest BCUT2D eigenvalue weighted by Gasteiger charge is 2.68. The van der Waals surface area contributed by atoms with Gasteiger partial charge in [-0.05, 0) is 61.8 Å². The van der Waals surface area contributed by atoms with Crippen molar-refractivity contribution in [2.45, 2.75) is 50.5 Å². The van der Waals surface area contributed by atoms with E-state index >= 15 is 0 Å². The number of hydrogen-bond acceptors (Lipinski definition) is 4. The van der Waals surface area contributed by atoms with Crippen LogP contribution >= 0.6 is 0 Å². The summed E-state index contributed by atoms with van der Waals surface area (Å²) < 4.78 is 11.5. The van der Waals surface area contributed by atoms with Gasteiger partial charge in [-0.2, -0.15) is 0 Å². The average molecular weight is 340 g/mol. The zero-order valence-corrected chi connectivity index (χ0v) is 14.8. The van der Waals surface area contributed by atoms with E-state index in [9.17, 15) is 9.59 Å². The van der Waals surface area contributed by atoms with Crippen LogP contribution in [0.2, 0.25) is 0 Å². The molecular weight excluding hydrogens is 316 g/mol. The molecule has 0 unspecified atom stereocenters. The minimum atomic E-state index is -0.509. The summed E-state index contributed by atoms with van der Waals surface area (Å²) in [4.78, 5) is 25.0. The van der Waals surface area contributed by atoms with Crippen LogP contribution in [0.25, 0.3) is 0 Å². The van der Waals surface area contributed by atoms with Gasteiger partial charge in [-0.3, -0.25) is 9.59 Å². The third-order valence-electron chi connectivity index (χ3n) is 7.48. The number of carbonyl (C=O) groups is 2. The number of aryl methyl sites for hydroxylation is 1. The fraction of sp³-hybridized carbons (Fsp3) is 0.619. The van der Waals surface area contributed by atoms with Crippen LogP contribution in [0.1, 0.15) is 49.7 Å². The Morgan fingerprint density at radius 2 is 2.12 bits per heavy atom. The van der Waals surface area contributed by atoms with Crippen molar-refractivity contribution < 1.29 is 19.1 Å². The zero-order chi connectivity index (χ0) is 17.3. The molecule has 3 aliphatic carbocycles. The number of rotatable bonds is 2. The second-order valence-corrected chi connectivity index (χ2v) is 8.33. The largest absolute Gasteiger partial charge is 0.497 e. The minimum absolute atomic E-state index is 0.0821. The molecule has 1 aliphatic heterocycles. The van der Waals surface area contributed by atoms with E-state index in [1.165, 1.54) is 11.1 Å². The van der Waals surface area contributed by atoms with Crippen molar-refractivity contribution in [1.29, 1.82) is 0 Å². The van der Waals surface area contributed by atoms with E-state index in [0.29, 0.717) is 11.8 Å².